The highest BCUT2D eigenvalue weighted by atomic mass is 32.2. The molecule has 3 aromatic rings. The maximum atomic E-state index is 16.2. The van der Waals surface area contributed by atoms with Crippen molar-refractivity contribution in [3.8, 4) is 0 Å². The SMILES string of the molecule is CCS(=O)(=O)c1ccc([C@H](CO)NC(=O)c2ccc(N3CC(F)(c4ccc(C(F)(F)F)cc4)C[C@H]3COC(F)F)cc2)cc1. The molecule has 3 aromatic carbocycles. The van der Waals surface area contributed by atoms with Crippen molar-refractivity contribution in [2.24, 2.45) is 0 Å². The van der Waals surface area contributed by atoms with Gasteiger partial charge >= 0.3 is 12.8 Å². The number of alkyl halides is 6. The van der Waals surface area contributed by atoms with Crippen molar-refractivity contribution in [3.63, 3.8) is 0 Å². The fraction of sp³-hybridized carbons (Fsp3) is 0.367. The van der Waals surface area contributed by atoms with E-state index in [9.17, 15) is 40.3 Å². The number of sulfone groups is 1. The first-order chi connectivity index (χ1) is 20.7. The second-order valence-electron chi connectivity index (χ2n) is 10.3. The first kappa shape index (κ1) is 33.3. The topological polar surface area (TPSA) is 95.9 Å². The Labute approximate surface area is 250 Å². The molecule has 0 spiro atoms. The first-order valence-electron chi connectivity index (χ1n) is 13.5. The zero-order valence-corrected chi connectivity index (χ0v) is 24.2. The number of rotatable bonds is 11. The summed E-state index contributed by atoms with van der Waals surface area (Å²) in [5, 5.41) is 12.5. The summed E-state index contributed by atoms with van der Waals surface area (Å²) in [5.41, 5.74) is -2.17. The summed E-state index contributed by atoms with van der Waals surface area (Å²) < 4.78 is 109. The van der Waals surface area contributed by atoms with Gasteiger partial charge in [0.15, 0.2) is 15.5 Å². The molecule has 4 rings (SSSR count). The maximum absolute atomic E-state index is 16.2. The quantitative estimate of drug-likeness (QED) is 0.262. The van der Waals surface area contributed by atoms with E-state index < -0.39 is 65.1 Å². The smallest absolute Gasteiger partial charge is 0.394 e. The van der Waals surface area contributed by atoms with Crippen LogP contribution in [0.4, 0.5) is 32.0 Å². The lowest BCUT2D eigenvalue weighted by atomic mass is 9.92. The average molecular weight is 645 g/mol. The largest absolute Gasteiger partial charge is 0.416 e. The van der Waals surface area contributed by atoms with Crippen molar-refractivity contribution in [1.29, 1.82) is 0 Å². The number of anilines is 1. The molecular weight excluding hydrogens is 614 g/mol. The molecule has 0 aliphatic carbocycles. The summed E-state index contributed by atoms with van der Waals surface area (Å²) in [6, 6.07) is 13.4. The summed E-state index contributed by atoms with van der Waals surface area (Å²) in [4.78, 5) is 14.5. The molecule has 1 heterocycles. The van der Waals surface area contributed by atoms with Crippen LogP contribution < -0.4 is 10.2 Å². The third-order valence-corrected chi connectivity index (χ3v) is 9.29. The van der Waals surface area contributed by atoms with Gasteiger partial charge < -0.3 is 20.1 Å². The van der Waals surface area contributed by atoms with Gasteiger partial charge in [-0.15, -0.1) is 0 Å². The lowest BCUT2D eigenvalue weighted by Gasteiger charge is -2.27. The third kappa shape index (κ3) is 7.53. The summed E-state index contributed by atoms with van der Waals surface area (Å²) in [7, 11) is -3.43. The molecule has 14 heteroatoms. The predicted octanol–water partition coefficient (Wildman–Crippen LogP) is 5.65. The Morgan fingerprint density at radius 2 is 1.66 bits per heavy atom. The number of halogens is 6. The Morgan fingerprint density at radius 3 is 2.18 bits per heavy atom. The number of hydrogen-bond donors (Lipinski definition) is 2. The summed E-state index contributed by atoms with van der Waals surface area (Å²) in [6.07, 6.45) is -4.94. The first-order valence-corrected chi connectivity index (χ1v) is 15.2. The van der Waals surface area contributed by atoms with E-state index in [-0.39, 0.29) is 34.7 Å². The predicted molar refractivity (Wildman–Crippen MR) is 150 cm³/mol. The molecule has 44 heavy (non-hydrogen) atoms. The van der Waals surface area contributed by atoms with Gasteiger partial charge in [0.05, 0.1) is 48.1 Å². The van der Waals surface area contributed by atoms with Crippen molar-refractivity contribution in [2.45, 2.75) is 48.8 Å². The van der Waals surface area contributed by atoms with Gasteiger partial charge in [0.1, 0.15) is 0 Å². The van der Waals surface area contributed by atoms with Crippen LogP contribution in [0.15, 0.2) is 77.7 Å². The molecule has 2 N–H and O–H groups in total. The molecule has 1 unspecified atom stereocenters. The van der Waals surface area contributed by atoms with Crippen LogP contribution in [0.5, 0.6) is 0 Å². The van der Waals surface area contributed by atoms with Crippen LogP contribution in [-0.2, 0) is 26.4 Å². The Kier molecular flexibility index (Phi) is 9.96. The number of nitrogens with one attached hydrogen (secondary N) is 1. The highest BCUT2D eigenvalue weighted by Gasteiger charge is 2.46. The number of aliphatic hydroxyl groups excluding tert-OH is 1. The van der Waals surface area contributed by atoms with Gasteiger partial charge in [-0.3, -0.25) is 4.79 Å². The van der Waals surface area contributed by atoms with Gasteiger partial charge in [0, 0.05) is 17.7 Å². The molecule has 238 valence electrons. The van der Waals surface area contributed by atoms with Crippen LogP contribution in [0, 0.1) is 0 Å². The molecule has 7 nitrogen and oxygen atoms in total. The molecule has 1 amide bonds. The van der Waals surface area contributed by atoms with Gasteiger partial charge in [0.2, 0.25) is 0 Å². The number of carbonyl (C=O) groups is 1. The Bertz CT molecular complexity index is 1530. The number of hydrogen-bond acceptors (Lipinski definition) is 6. The van der Waals surface area contributed by atoms with Crippen molar-refractivity contribution in [3.05, 3.63) is 95.1 Å². The number of amides is 1. The van der Waals surface area contributed by atoms with E-state index in [1.165, 1.54) is 60.4 Å². The molecule has 1 aliphatic rings. The second kappa shape index (κ2) is 13.2. The standard InChI is InChI=1S/C30H30F6N2O5S/c1-2-44(41,42)25-13-5-19(6-14-25)26(16-39)37-27(40)20-3-11-23(12-4-20)38-18-29(33,15-24(38)17-43-28(31)32)21-7-9-22(10-8-21)30(34,35)36/h3-14,24,26,28,39H,2,15-18H2,1H3,(H,37,40)/t24-,26-,29?/m0/s1. The highest BCUT2D eigenvalue weighted by Crippen LogP contribution is 2.43. The highest BCUT2D eigenvalue weighted by molar-refractivity contribution is 7.91. The van der Waals surface area contributed by atoms with Gasteiger partial charge in [0.25, 0.3) is 5.91 Å². The molecule has 0 bridgehead atoms. The molecule has 3 atom stereocenters. The summed E-state index contributed by atoms with van der Waals surface area (Å²) >= 11 is 0. The molecule has 1 aliphatic heterocycles. The fourth-order valence-corrected chi connectivity index (χ4v) is 5.99. The Hall–Kier alpha value is -3.62. The minimum atomic E-state index is -4.61. The van der Waals surface area contributed by atoms with E-state index in [1.807, 2.05) is 0 Å². The number of aliphatic hydroxyl groups is 1. The number of benzene rings is 3. The molecule has 0 radical (unpaired) electrons. The normalized spacial score (nSPS) is 19.8. The van der Waals surface area contributed by atoms with Gasteiger partial charge in [-0.2, -0.15) is 22.0 Å². The van der Waals surface area contributed by atoms with E-state index in [1.54, 1.807) is 0 Å². The zero-order valence-electron chi connectivity index (χ0n) is 23.4. The average Bonchev–Trinajstić information content (AvgIpc) is 3.36. The van der Waals surface area contributed by atoms with Crippen LogP contribution in [0.2, 0.25) is 0 Å². The van der Waals surface area contributed by atoms with Crippen molar-refractivity contribution in [2.75, 3.05) is 30.4 Å². The van der Waals surface area contributed by atoms with Crippen molar-refractivity contribution in [1.82, 2.24) is 5.32 Å². The third-order valence-electron chi connectivity index (χ3n) is 7.54. The number of nitrogens with zero attached hydrogens (tertiary/aromatic N) is 1. The van der Waals surface area contributed by atoms with Gasteiger partial charge in [-0.1, -0.05) is 31.2 Å². The fourth-order valence-electron chi connectivity index (χ4n) is 5.10. The number of ether oxygens (including phenoxy) is 1. The van der Waals surface area contributed by atoms with Gasteiger partial charge in [-0.05, 0) is 59.7 Å². The molecule has 0 saturated carbocycles. The van der Waals surface area contributed by atoms with E-state index >= 15 is 4.39 Å². The van der Waals surface area contributed by atoms with E-state index in [4.69, 9.17) is 0 Å². The molecule has 0 aromatic heterocycles. The Balaban J connectivity index is 1.51. The van der Waals surface area contributed by atoms with E-state index in [0.717, 1.165) is 24.3 Å². The maximum Gasteiger partial charge on any atom is 0.416 e. The lowest BCUT2D eigenvalue weighted by Crippen LogP contribution is -2.34. The molecule has 1 fully saturated rings. The lowest BCUT2D eigenvalue weighted by molar-refractivity contribution is -0.137. The molecular formula is C30H30F6N2O5S. The minimum absolute atomic E-state index is 0.0404. The van der Waals surface area contributed by atoms with Gasteiger partial charge in [-0.25, -0.2) is 12.8 Å². The number of carbonyl (C=O) groups excluding carboxylic acids is 1. The summed E-state index contributed by atoms with van der Waals surface area (Å²) in [6.45, 7) is -3.00. The van der Waals surface area contributed by atoms with Crippen LogP contribution in [-0.4, -0.2) is 57.6 Å². The van der Waals surface area contributed by atoms with Crippen LogP contribution in [0.25, 0.3) is 0 Å². The van der Waals surface area contributed by atoms with E-state index in [2.05, 4.69) is 10.1 Å². The van der Waals surface area contributed by atoms with Crippen LogP contribution in [0.1, 0.15) is 46.4 Å². The van der Waals surface area contributed by atoms with Crippen LogP contribution >= 0.6 is 0 Å². The zero-order chi connectivity index (χ0) is 32.3. The van der Waals surface area contributed by atoms with Crippen molar-refractivity contribution >= 4 is 21.4 Å². The van der Waals surface area contributed by atoms with Crippen molar-refractivity contribution < 1.29 is 49.4 Å². The Morgan fingerprint density at radius 1 is 1.05 bits per heavy atom. The second-order valence-corrected chi connectivity index (χ2v) is 12.6. The van der Waals surface area contributed by atoms with E-state index in [0.29, 0.717) is 11.3 Å². The van der Waals surface area contributed by atoms with Crippen LogP contribution in [0.3, 0.4) is 0 Å². The molecule has 1 saturated heterocycles. The summed E-state index contributed by atoms with van der Waals surface area (Å²) in [5.74, 6) is -0.661. The monoisotopic (exact) mass is 644 g/mol. The minimum Gasteiger partial charge on any atom is -0.394 e.